The number of carbonyl (C=O) groups excluding carboxylic acids is 3. The number of carbonyl (C=O) groups is 3. The molecule has 0 aliphatic rings. The van der Waals surface area contributed by atoms with E-state index in [4.69, 9.17) is 16.3 Å². The van der Waals surface area contributed by atoms with Gasteiger partial charge >= 0.3 is 5.97 Å². The number of anilines is 2. The molecule has 168 valence electrons. The maximum absolute atomic E-state index is 13.4. The van der Waals surface area contributed by atoms with E-state index in [0.29, 0.717) is 12.1 Å². The van der Waals surface area contributed by atoms with Crippen LogP contribution in [0.15, 0.2) is 23.6 Å². The van der Waals surface area contributed by atoms with Crippen LogP contribution in [0.1, 0.15) is 45.2 Å². The highest BCUT2D eigenvalue weighted by Crippen LogP contribution is 2.24. The highest BCUT2D eigenvalue weighted by molar-refractivity contribution is 7.14. The van der Waals surface area contributed by atoms with Crippen LogP contribution in [0.3, 0.4) is 0 Å². The predicted molar refractivity (Wildman–Crippen MR) is 113 cm³/mol. The number of hydrogen-bond acceptors (Lipinski definition) is 7. The minimum absolute atomic E-state index is 0.0198. The largest absolute Gasteiger partial charge is 0.461 e. The first kappa shape index (κ1) is 23.3. The van der Waals surface area contributed by atoms with E-state index in [0.717, 1.165) is 11.3 Å². The number of halogens is 3. The zero-order valence-electron chi connectivity index (χ0n) is 16.7. The summed E-state index contributed by atoms with van der Waals surface area (Å²) in [5.41, 5.74) is -0.198. The summed E-state index contributed by atoms with van der Waals surface area (Å²) in [6, 6.07) is 2.60. The van der Waals surface area contributed by atoms with Crippen LogP contribution in [0, 0.1) is 11.6 Å². The number of thiazole rings is 1. The predicted octanol–water partition coefficient (Wildman–Crippen LogP) is 3.89. The Hall–Kier alpha value is -3.38. The highest BCUT2D eigenvalue weighted by Gasteiger charge is 2.24. The first-order valence-electron chi connectivity index (χ1n) is 9.20. The molecular weight excluding hydrogens is 468 g/mol. The third-order valence-corrected chi connectivity index (χ3v) is 5.25. The summed E-state index contributed by atoms with van der Waals surface area (Å²) in [7, 11) is 0. The van der Waals surface area contributed by atoms with Crippen molar-refractivity contribution in [2.75, 3.05) is 23.4 Å². The van der Waals surface area contributed by atoms with Crippen LogP contribution in [-0.2, 0) is 4.74 Å². The Morgan fingerprint density at radius 1 is 1.22 bits per heavy atom. The van der Waals surface area contributed by atoms with Crippen molar-refractivity contribution in [2.24, 2.45) is 0 Å². The first-order valence-corrected chi connectivity index (χ1v) is 10.5. The number of benzene rings is 1. The molecule has 0 fully saturated rings. The van der Waals surface area contributed by atoms with Crippen LogP contribution in [0.4, 0.5) is 19.7 Å². The van der Waals surface area contributed by atoms with Gasteiger partial charge in [-0.15, -0.1) is 11.3 Å². The van der Waals surface area contributed by atoms with Crippen molar-refractivity contribution in [3.63, 3.8) is 0 Å². The minimum Gasteiger partial charge on any atom is -0.461 e. The third-order valence-electron chi connectivity index (χ3n) is 4.07. The zero-order valence-corrected chi connectivity index (χ0v) is 18.3. The fourth-order valence-electron chi connectivity index (χ4n) is 2.57. The molecule has 0 saturated heterocycles. The molecular formula is C19H16ClF2N5O4S. The molecule has 0 saturated carbocycles. The van der Waals surface area contributed by atoms with Crippen molar-refractivity contribution in [3.8, 4) is 0 Å². The Balaban J connectivity index is 1.75. The van der Waals surface area contributed by atoms with Gasteiger partial charge in [-0.1, -0.05) is 11.6 Å². The molecule has 0 unspecified atom stereocenters. The molecule has 0 aliphatic heterocycles. The number of aromatic amines is 1. The molecule has 32 heavy (non-hydrogen) atoms. The van der Waals surface area contributed by atoms with E-state index < -0.39 is 29.4 Å². The van der Waals surface area contributed by atoms with Crippen molar-refractivity contribution in [1.82, 2.24) is 15.2 Å². The van der Waals surface area contributed by atoms with Gasteiger partial charge in [-0.3, -0.25) is 19.6 Å². The summed E-state index contributed by atoms with van der Waals surface area (Å²) >= 11 is 6.88. The van der Waals surface area contributed by atoms with Gasteiger partial charge in [-0.05, 0) is 26.0 Å². The molecule has 13 heteroatoms. The zero-order chi connectivity index (χ0) is 23.4. The number of amides is 2. The molecule has 3 aromatic rings. The van der Waals surface area contributed by atoms with Crippen LogP contribution in [0.25, 0.3) is 0 Å². The van der Waals surface area contributed by atoms with Crippen LogP contribution < -0.4 is 10.2 Å². The van der Waals surface area contributed by atoms with Crippen LogP contribution in [0.2, 0.25) is 5.02 Å². The van der Waals surface area contributed by atoms with Crippen LogP contribution in [0.5, 0.6) is 0 Å². The van der Waals surface area contributed by atoms with E-state index in [2.05, 4.69) is 20.5 Å². The van der Waals surface area contributed by atoms with E-state index in [1.165, 1.54) is 16.3 Å². The lowest BCUT2D eigenvalue weighted by Gasteiger charge is -2.16. The summed E-state index contributed by atoms with van der Waals surface area (Å²) in [5, 5.41) is 10.1. The topological polar surface area (TPSA) is 117 Å². The van der Waals surface area contributed by atoms with E-state index in [-0.39, 0.29) is 46.1 Å². The molecule has 9 nitrogen and oxygen atoms in total. The third kappa shape index (κ3) is 4.92. The monoisotopic (exact) mass is 483 g/mol. The molecule has 1 aromatic carbocycles. The lowest BCUT2D eigenvalue weighted by Crippen LogP contribution is -2.31. The molecule has 2 amide bonds. The molecule has 3 rings (SSSR count). The van der Waals surface area contributed by atoms with Gasteiger partial charge in [-0.2, -0.15) is 5.10 Å². The van der Waals surface area contributed by atoms with Gasteiger partial charge in [0.2, 0.25) is 0 Å². The number of aromatic nitrogens is 3. The number of nitrogens with one attached hydrogen (secondary N) is 2. The molecule has 0 radical (unpaired) electrons. The number of hydrogen-bond donors (Lipinski definition) is 2. The quantitative estimate of drug-likeness (QED) is 0.389. The summed E-state index contributed by atoms with van der Waals surface area (Å²) in [5.74, 6) is -4.42. The SMILES string of the molecule is CCOC(=O)c1csc(N(CC)C(=O)c2cc(NC(=O)c3cc(F)c(F)cc3Cl)n[nH]2)n1. The molecule has 0 aliphatic carbocycles. The smallest absolute Gasteiger partial charge is 0.357 e. The molecule has 0 bridgehead atoms. The number of nitrogens with zero attached hydrogens (tertiary/aromatic N) is 3. The van der Waals surface area contributed by atoms with Crippen molar-refractivity contribution in [1.29, 1.82) is 0 Å². The number of H-pyrrole nitrogens is 1. The average Bonchev–Trinajstić information content (AvgIpc) is 3.41. The summed E-state index contributed by atoms with van der Waals surface area (Å²) in [4.78, 5) is 42.4. The van der Waals surface area contributed by atoms with Crippen molar-refractivity contribution < 1.29 is 27.9 Å². The van der Waals surface area contributed by atoms with Crippen LogP contribution in [-0.4, -0.2) is 46.1 Å². The fourth-order valence-corrected chi connectivity index (χ4v) is 3.67. The van der Waals surface area contributed by atoms with Crippen LogP contribution >= 0.6 is 22.9 Å². The Morgan fingerprint density at radius 2 is 1.94 bits per heavy atom. The fraction of sp³-hybridized carbons (Fsp3) is 0.211. The van der Waals surface area contributed by atoms with Crippen molar-refractivity contribution in [3.05, 3.63) is 57.2 Å². The van der Waals surface area contributed by atoms with Gasteiger partial charge in [0.25, 0.3) is 11.8 Å². The maximum Gasteiger partial charge on any atom is 0.357 e. The van der Waals surface area contributed by atoms with E-state index in [1.807, 2.05) is 0 Å². The molecule has 2 aromatic heterocycles. The van der Waals surface area contributed by atoms with E-state index in [9.17, 15) is 23.2 Å². The second-order valence-corrected chi connectivity index (χ2v) is 7.40. The number of rotatable bonds is 7. The molecule has 2 N–H and O–H groups in total. The van der Waals surface area contributed by atoms with Crippen molar-refractivity contribution >= 4 is 51.7 Å². The minimum atomic E-state index is -1.23. The first-order chi connectivity index (χ1) is 15.2. The summed E-state index contributed by atoms with van der Waals surface area (Å²) in [6.45, 7) is 3.82. The average molecular weight is 484 g/mol. The Bertz CT molecular complexity index is 1180. The Kier molecular flexibility index (Phi) is 7.15. The standard InChI is InChI=1S/C19H16ClF2N5O4S/c1-3-27(19-23-14(8-32-19)18(30)31-4-2)17(29)13-7-15(26-25-13)24-16(28)9-5-11(21)12(22)6-10(9)20/h5-8H,3-4H2,1-2H3,(H2,24,25,26,28). The Labute approximate surface area is 189 Å². The van der Waals surface area contributed by atoms with E-state index >= 15 is 0 Å². The van der Waals surface area contributed by atoms with Gasteiger partial charge < -0.3 is 10.1 Å². The van der Waals surface area contributed by atoms with Gasteiger partial charge in [0.15, 0.2) is 28.3 Å². The summed E-state index contributed by atoms with van der Waals surface area (Å²) in [6.07, 6.45) is 0. The normalized spacial score (nSPS) is 10.7. The number of ether oxygens (including phenoxy) is 1. The molecule has 2 heterocycles. The molecule has 0 atom stereocenters. The number of esters is 1. The van der Waals surface area contributed by atoms with E-state index in [1.54, 1.807) is 13.8 Å². The van der Waals surface area contributed by atoms with Gasteiger partial charge in [0.05, 0.1) is 17.2 Å². The van der Waals surface area contributed by atoms with Gasteiger partial charge in [-0.25, -0.2) is 18.6 Å². The lowest BCUT2D eigenvalue weighted by molar-refractivity contribution is 0.0520. The molecule has 0 spiro atoms. The maximum atomic E-state index is 13.4. The second-order valence-electron chi connectivity index (χ2n) is 6.15. The van der Waals surface area contributed by atoms with Gasteiger partial charge in [0.1, 0.15) is 5.69 Å². The van der Waals surface area contributed by atoms with Crippen molar-refractivity contribution in [2.45, 2.75) is 13.8 Å². The summed E-state index contributed by atoms with van der Waals surface area (Å²) < 4.78 is 31.5. The second kappa shape index (κ2) is 9.83. The Morgan fingerprint density at radius 3 is 2.62 bits per heavy atom. The lowest BCUT2D eigenvalue weighted by atomic mass is 10.2. The highest BCUT2D eigenvalue weighted by atomic mass is 35.5. The van der Waals surface area contributed by atoms with Gasteiger partial charge in [0, 0.05) is 18.0 Å².